The minimum atomic E-state index is 0.0901. The number of methoxy groups -OCH3 is 2. The van der Waals surface area contributed by atoms with Crippen molar-refractivity contribution in [2.24, 2.45) is 0 Å². The zero-order chi connectivity index (χ0) is 10.8. The van der Waals surface area contributed by atoms with Gasteiger partial charge in [0.1, 0.15) is 5.75 Å². The zero-order valence-electron chi connectivity index (χ0n) is 9.41. The number of nitrogens with one attached hydrogen (secondary N) is 1. The highest BCUT2D eigenvalue weighted by Crippen LogP contribution is 2.36. The van der Waals surface area contributed by atoms with Crippen molar-refractivity contribution in [3.05, 3.63) is 29.3 Å². The molecule has 1 N–H and O–H groups in total. The predicted molar refractivity (Wildman–Crippen MR) is 59.2 cm³/mol. The Bertz CT molecular complexity index is 351. The monoisotopic (exact) mass is 207 g/mol. The first kappa shape index (κ1) is 10.5. The summed E-state index contributed by atoms with van der Waals surface area (Å²) in [5.41, 5.74) is 2.46. The highest BCUT2D eigenvalue weighted by atomic mass is 16.5. The van der Waals surface area contributed by atoms with Gasteiger partial charge in [0.25, 0.3) is 0 Å². The fourth-order valence-corrected chi connectivity index (χ4v) is 2.16. The average Bonchev–Trinajstić information content (AvgIpc) is 2.29. The van der Waals surface area contributed by atoms with Gasteiger partial charge in [0.15, 0.2) is 0 Å². The van der Waals surface area contributed by atoms with Gasteiger partial charge in [0.05, 0.1) is 13.2 Å². The van der Waals surface area contributed by atoms with Crippen LogP contribution in [0.5, 0.6) is 5.75 Å². The molecule has 15 heavy (non-hydrogen) atoms. The standard InChI is InChI=1S/C12H17NO2/c1-8-9-5-4-6-10(14-2)12(9)11(15-3)7-13-8/h4-6,8,11,13H,7H2,1-3H3/t8?,11-/m0/s1. The highest BCUT2D eigenvalue weighted by molar-refractivity contribution is 5.45. The van der Waals surface area contributed by atoms with Crippen LogP contribution in [-0.4, -0.2) is 20.8 Å². The molecule has 0 spiro atoms. The van der Waals surface area contributed by atoms with Gasteiger partial charge in [-0.15, -0.1) is 0 Å². The Kier molecular flexibility index (Phi) is 2.93. The lowest BCUT2D eigenvalue weighted by atomic mass is 9.92. The van der Waals surface area contributed by atoms with E-state index in [9.17, 15) is 0 Å². The summed E-state index contributed by atoms with van der Waals surface area (Å²) < 4.78 is 10.9. The van der Waals surface area contributed by atoms with E-state index < -0.39 is 0 Å². The van der Waals surface area contributed by atoms with Crippen molar-refractivity contribution in [3.63, 3.8) is 0 Å². The molecular formula is C12H17NO2. The number of hydrogen-bond donors (Lipinski definition) is 1. The second-order valence-corrected chi connectivity index (χ2v) is 3.82. The second-order valence-electron chi connectivity index (χ2n) is 3.82. The normalized spacial score (nSPS) is 24.7. The van der Waals surface area contributed by atoms with Crippen LogP contribution in [0.15, 0.2) is 18.2 Å². The van der Waals surface area contributed by atoms with Crippen molar-refractivity contribution in [2.45, 2.75) is 19.1 Å². The summed E-state index contributed by atoms with van der Waals surface area (Å²) in [4.78, 5) is 0. The van der Waals surface area contributed by atoms with Gasteiger partial charge in [-0.1, -0.05) is 12.1 Å². The Balaban J connectivity index is 2.51. The molecule has 1 heterocycles. The van der Waals surface area contributed by atoms with E-state index in [-0.39, 0.29) is 6.10 Å². The van der Waals surface area contributed by atoms with Gasteiger partial charge in [-0.3, -0.25) is 0 Å². The first-order chi connectivity index (χ1) is 7.27. The second kappa shape index (κ2) is 4.21. The van der Waals surface area contributed by atoms with Crippen LogP contribution in [0.3, 0.4) is 0 Å². The van der Waals surface area contributed by atoms with Crippen LogP contribution in [0.2, 0.25) is 0 Å². The van der Waals surface area contributed by atoms with Crippen molar-refractivity contribution < 1.29 is 9.47 Å². The van der Waals surface area contributed by atoms with Crippen molar-refractivity contribution in [1.29, 1.82) is 0 Å². The van der Waals surface area contributed by atoms with E-state index >= 15 is 0 Å². The van der Waals surface area contributed by atoms with Crippen LogP contribution in [0, 0.1) is 0 Å². The van der Waals surface area contributed by atoms with Crippen LogP contribution in [0.1, 0.15) is 30.2 Å². The summed E-state index contributed by atoms with van der Waals surface area (Å²) in [6, 6.07) is 6.50. The third-order valence-corrected chi connectivity index (χ3v) is 3.00. The fourth-order valence-electron chi connectivity index (χ4n) is 2.16. The first-order valence-electron chi connectivity index (χ1n) is 5.21. The molecule has 1 aromatic carbocycles. The fraction of sp³-hybridized carbons (Fsp3) is 0.500. The van der Waals surface area contributed by atoms with Crippen LogP contribution < -0.4 is 10.1 Å². The molecule has 0 bridgehead atoms. The Morgan fingerprint density at radius 1 is 1.33 bits per heavy atom. The van der Waals surface area contributed by atoms with Crippen LogP contribution in [0.25, 0.3) is 0 Å². The summed E-state index contributed by atoms with van der Waals surface area (Å²) >= 11 is 0. The van der Waals surface area contributed by atoms with Crippen molar-refractivity contribution in [1.82, 2.24) is 5.32 Å². The topological polar surface area (TPSA) is 30.5 Å². The van der Waals surface area contributed by atoms with Crippen LogP contribution >= 0.6 is 0 Å². The van der Waals surface area contributed by atoms with Gasteiger partial charge in [-0.05, 0) is 18.6 Å². The van der Waals surface area contributed by atoms with Crippen molar-refractivity contribution in [3.8, 4) is 5.75 Å². The minimum absolute atomic E-state index is 0.0901. The number of rotatable bonds is 2. The molecule has 0 radical (unpaired) electrons. The van der Waals surface area contributed by atoms with Gasteiger partial charge in [-0.2, -0.15) is 0 Å². The van der Waals surface area contributed by atoms with Crippen molar-refractivity contribution in [2.75, 3.05) is 20.8 Å². The predicted octanol–water partition coefficient (Wildman–Crippen LogP) is 2.05. The molecular weight excluding hydrogens is 190 g/mol. The third kappa shape index (κ3) is 1.73. The van der Waals surface area contributed by atoms with Crippen LogP contribution in [0.4, 0.5) is 0 Å². The molecule has 0 aromatic heterocycles. The first-order valence-corrected chi connectivity index (χ1v) is 5.21. The average molecular weight is 207 g/mol. The van der Waals surface area contributed by atoms with E-state index in [0.717, 1.165) is 12.3 Å². The number of benzene rings is 1. The quantitative estimate of drug-likeness (QED) is 0.805. The molecule has 1 aliphatic rings. The van der Waals surface area contributed by atoms with E-state index in [1.165, 1.54) is 11.1 Å². The number of hydrogen-bond acceptors (Lipinski definition) is 3. The van der Waals surface area contributed by atoms with E-state index in [2.05, 4.69) is 18.3 Å². The Labute approximate surface area is 90.4 Å². The molecule has 2 rings (SSSR count). The summed E-state index contributed by atoms with van der Waals surface area (Å²) in [5, 5.41) is 3.41. The van der Waals surface area contributed by atoms with E-state index in [1.807, 2.05) is 12.1 Å². The lowest BCUT2D eigenvalue weighted by molar-refractivity contribution is 0.0891. The van der Waals surface area contributed by atoms with Gasteiger partial charge >= 0.3 is 0 Å². The van der Waals surface area contributed by atoms with Crippen LogP contribution in [-0.2, 0) is 4.74 Å². The SMILES string of the molecule is COc1cccc2c1[C@@H](OC)CNC2C. The molecule has 1 unspecified atom stereocenters. The maximum atomic E-state index is 5.47. The molecule has 0 amide bonds. The Hall–Kier alpha value is -1.06. The molecule has 1 aliphatic heterocycles. The minimum Gasteiger partial charge on any atom is -0.496 e. The van der Waals surface area contributed by atoms with Gasteiger partial charge in [-0.25, -0.2) is 0 Å². The molecule has 1 aromatic rings. The van der Waals surface area contributed by atoms with Gasteiger partial charge < -0.3 is 14.8 Å². The van der Waals surface area contributed by atoms with E-state index in [4.69, 9.17) is 9.47 Å². The molecule has 3 heteroatoms. The molecule has 82 valence electrons. The molecule has 3 nitrogen and oxygen atoms in total. The summed E-state index contributed by atoms with van der Waals surface area (Å²) in [6.07, 6.45) is 0.0901. The lowest BCUT2D eigenvalue weighted by Gasteiger charge is -2.31. The highest BCUT2D eigenvalue weighted by Gasteiger charge is 2.26. The van der Waals surface area contributed by atoms with Gasteiger partial charge in [0.2, 0.25) is 0 Å². The lowest BCUT2D eigenvalue weighted by Crippen LogP contribution is -2.32. The molecule has 0 fully saturated rings. The van der Waals surface area contributed by atoms with Crippen molar-refractivity contribution >= 4 is 0 Å². The summed E-state index contributed by atoms with van der Waals surface area (Å²) in [6.45, 7) is 3.00. The summed E-state index contributed by atoms with van der Waals surface area (Å²) in [5.74, 6) is 0.924. The largest absolute Gasteiger partial charge is 0.496 e. The van der Waals surface area contributed by atoms with Gasteiger partial charge in [0, 0.05) is 25.3 Å². The molecule has 0 saturated heterocycles. The Morgan fingerprint density at radius 2 is 2.13 bits per heavy atom. The summed E-state index contributed by atoms with van der Waals surface area (Å²) in [7, 11) is 3.44. The molecule has 0 aliphatic carbocycles. The maximum absolute atomic E-state index is 5.47. The smallest absolute Gasteiger partial charge is 0.125 e. The molecule has 0 saturated carbocycles. The number of fused-ring (bicyclic) bond motifs is 1. The number of ether oxygens (including phenoxy) is 2. The third-order valence-electron chi connectivity index (χ3n) is 3.00. The molecule has 2 atom stereocenters. The maximum Gasteiger partial charge on any atom is 0.125 e. The van der Waals surface area contributed by atoms with E-state index in [0.29, 0.717) is 6.04 Å². The Morgan fingerprint density at radius 3 is 2.80 bits per heavy atom. The van der Waals surface area contributed by atoms with E-state index in [1.54, 1.807) is 14.2 Å². The zero-order valence-corrected chi connectivity index (χ0v) is 9.41.